The first kappa shape index (κ1) is 18.6. The lowest BCUT2D eigenvalue weighted by Crippen LogP contribution is -2.08. The maximum absolute atomic E-state index is 11.8. The lowest BCUT2D eigenvalue weighted by atomic mass is 10.1. The first-order chi connectivity index (χ1) is 11.3. The van der Waals surface area contributed by atoms with Crippen molar-refractivity contribution in [2.24, 2.45) is 0 Å². The standard InChI is InChI=1S/C19H20Cl2O3/c1-11-5-15(6-12(2)17(11)20)9-23-19(22)24-10-16-7-13(3)18(21)14(4)8-16/h5-8H,9-10H2,1-4H3. The molecule has 0 N–H and O–H groups in total. The third-order valence-electron chi connectivity index (χ3n) is 3.71. The van der Waals surface area contributed by atoms with Crippen LogP contribution in [0.5, 0.6) is 0 Å². The van der Waals surface area contributed by atoms with E-state index >= 15 is 0 Å². The molecule has 128 valence electrons. The lowest BCUT2D eigenvalue weighted by molar-refractivity contribution is 0.0446. The molecule has 0 saturated carbocycles. The van der Waals surface area contributed by atoms with Gasteiger partial charge in [-0.25, -0.2) is 4.79 Å². The molecule has 2 rings (SSSR count). The fourth-order valence-corrected chi connectivity index (χ4v) is 2.78. The van der Waals surface area contributed by atoms with Gasteiger partial charge in [0.05, 0.1) is 0 Å². The van der Waals surface area contributed by atoms with Crippen LogP contribution in [0.1, 0.15) is 33.4 Å². The van der Waals surface area contributed by atoms with Crippen molar-refractivity contribution in [1.29, 1.82) is 0 Å². The van der Waals surface area contributed by atoms with Crippen LogP contribution in [-0.4, -0.2) is 6.16 Å². The first-order valence-electron chi connectivity index (χ1n) is 7.58. The van der Waals surface area contributed by atoms with E-state index in [4.69, 9.17) is 32.7 Å². The molecule has 0 amide bonds. The summed E-state index contributed by atoms with van der Waals surface area (Å²) in [7, 11) is 0. The van der Waals surface area contributed by atoms with E-state index in [1.54, 1.807) is 0 Å². The summed E-state index contributed by atoms with van der Waals surface area (Å²) in [4.78, 5) is 11.8. The predicted molar refractivity (Wildman–Crippen MR) is 96.8 cm³/mol. The summed E-state index contributed by atoms with van der Waals surface area (Å²) in [5, 5.41) is 1.46. The van der Waals surface area contributed by atoms with Crippen LogP contribution >= 0.6 is 23.2 Å². The lowest BCUT2D eigenvalue weighted by Gasteiger charge is -2.10. The number of aryl methyl sites for hydroxylation is 4. The Kier molecular flexibility index (Phi) is 6.14. The average molecular weight is 367 g/mol. The van der Waals surface area contributed by atoms with E-state index in [-0.39, 0.29) is 13.2 Å². The number of carbonyl (C=O) groups excluding carboxylic acids is 1. The molecule has 0 bridgehead atoms. The summed E-state index contributed by atoms with van der Waals surface area (Å²) in [6.07, 6.45) is -0.703. The Morgan fingerprint density at radius 1 is 0.750 bits per heavy atom. The topological polar surface area (TPSA) is 35.5 Å². The zero-order valence-electron chi connectivity index (χ0n) is 14.2. The summed E-state index contributed by atoms with van der Waals surface area (Å²) in [5.41, 5.74) is 5.58. The predicted octanol–water partition coefficient (Wildman–Crippen LogP) is 6.08. The minimum absolute atomic E-state index is 0.149. The second-order valence-corrected chi connectivity index (χ2v) is 6.67. The van der Waals surface area contributed by atoms with Crippen LogP contribution in [0.4, 0.5) is 4.79 Å². The number of ether oxygens (including phenoxy) is 2. The van der Waals surface area contributed by atoms with Crippen molar-refractivity contribution in [3.8, 4) is 0 Å². The molecule has 2 aromatic rings. The van der Waals surface area contributed by atoms with E-state index in [1.165, 1.54) is 0 Å². The highest BCUT2D eigenvalue weighted by atomic mass is 35.5. The Morgan fingerprint density at radius 3 is 1.33 bits per heavy atom. The van der Waals surface area contributed by atoms with Crippen LogP contribution in [0.25, 0.3) is 0 Å². The van der Waals surface area contributed by atoms with Crippen LogP contribution in [0.2, 0.25) is 10.0 Å². The Morgan fingerprint density at radius 2 is 1.04 bits per heavy atom. The molecule has 5 heteroatoms. The Balaban J connectivity index is 1.90. The summed E-state index contributed by atoms with van der Waals surface area (Å²) in [6.45, 7) is 7.97. The van der Waals surface area contributed by atoms with Gasteiger partial charge >= 0.3 is 6.16 Å². The van der Waals surface area contributed by atoms with E-state index in [9.17, 15) is 4.79 Å². The molecule has 2 aromatic carbocycles. The molecule has 0 unspecified atom stereocenters. The van der Waals surface area contributed by atoms with Gasteiger partial charge in [0.15, 0.2) is 0 Å². The molecule has 0 radical (unpaired) electrons. The summed E-state index contributed by atoms with van der Waals surface area (Å²) in [5.74, 6) is 0. The second kappa shape index (κ2) is 7.91. The molecule has 0 aliphatic carbocycles. The van der Waals surface area contributed by atoms with Crippen molar-refractivity contribution in [2.45, 2.75) is 40.9 Å². The first-order valence-corrected chi connectivity index (χ1v) is 8.34. The Hall–Kier alpha value is -1.71. The van der Waals surface area contributed by atoms with Gasteiger partial charge in [0.1, 0.15) is 13.2 Å². The fourth-order valence-electron chi connectivity index (χ4n) is 2.56. The smallest absolute Gasteiger partial charge is 0.429 e. The van der Waals surface area contributed by atoms with Crippen molar-refractivity contribution in [3.63, 3.8) is 0 Å². The number of hydrogen-bond donors (Lipinski definition) is 0. The van der Waals surface area contributed by atoms with Gasteiger partial charge in [0, 0.05) is 10.0 Å². The van der Waals surface area contributed by atoms with Crippen LogP contribution in [-0.2, 0) is 22.7 Å². The number of carbonyl (C=O) groups is 1. The average Bonchev–Trinajstić information content (AvgIpc) is 2.53. The molecule has 0 saturated heterocycles. The molecule has 0 aliphatic heterocycles. The van der Waals surface area contributed by atoms with Crippen molar-refractivity contribution in [3.05, 3.63) is 67.7 Å². The molecular formula is C19H20Cl2O3. The van der Waals surface area contributed by atoms with E-state index < -0.39 is 6.16 Å². The molecule has 0 heterocycles. The highest BCUT2D eigenvalue weighted by molar-refractivity contribution is 6.32. The molecule has 24 heavy (non-hydrogen) atoms. The van der Waals surface area contributed by atoms with E-state index in [2.05, 4.69) is 0 Å². The third kappa shape index (κ3) is 4.65. The largest absolute Gasteiger partial charge is 0.508 e. The maximum Gasteiger partial charge on any atom is 0.508 e. The van der Waals surface area contributed by atoms with Gasteiger partial charge < -0.3 is 9.47 Å². The summed E-state index contributed by atoms with van der Waals surface area (Å²) >= 11 is 12.2. The number of rotatable bonds is 4. The van der Waals surface area contributed by atoms with E-state index in [1.807, 2.05) is 52.0 Å². The minimum Gasteiger partial charge on any atom is -0.429 e. The van der Waals surface area contributed by atoms with Gasteiger partial charge in [-0.3, -0.25) is 0 Å². The molecular weight excluding hydrogens is 347 g/mol. The van der Waals surface area contributed by atoms with E-state index in [0.717, 1.165) is 43.4 Å². The Labute approximate surface area is 152 Å². The van der Waals surface area contributed by atoms with Crippen molar-refractivity contribution < 1.29 is 14.3 Å². The minimum atomic E-state index is -0.703. The summed E-state index contributed by atoms with van der Waals surface area (Å²) < 4.78 is 10.3. The van der Waals surface area contributed by atoms with Crippen LogP contribution < -0.4 is 0 Å². The van der Waals surface area contributed by atoms with Gasteiger partial charge in [-0.1, -0.05) is 47.5 Å². The normalized spacial score (nSPS) is 10.6. The monoisotopic (exact) mass is 366 g/mol. The van der Waals surface area contributed by atoms with Crippen LogP contribution in [0.15, 0.2) is 24.3 Å². The van der Waals surface area contributed by atoms with E-state index in [0.29, 0.717) is 0 Å². The fraction of sp³-hybridized carbons (Fsp3) is 0.316. The van der Waals surface area contributed by atoms with Crippen LogP contribution in [0, 0.1) is 27.7 Å². The van der Waals surface area contributed by atoms with Crippen molar-refractivity contribution in [1.82, 2.24) is 0 Å². The zero-order valence-corrected chi connectivity index (χ0v) is 15.7. The number of benzene rings is 2. The molecule has 0 atom stereocenters. The van der Waals surface area contributed by atoms with Crippen LogP contribution in [0.3, 0.4) is 0 Å². The highest BCUT2D eigenvalue weighted by Gasteiger charge is 2.09. The second-order valence-electron chi connectivity index (χ2n) is 5.91. The zero-order chi connectivity index (χ0) is 17.9. The molecule has 0 spiro atoms. The molecule has 3 nitrogen and oxygen atoms in total. The summed E-state index contributed by atoms with van der Waals surface area (Å²) in [6, 6.07) is 7.59. The molecule has 0 fully saturated rings. The maximum atomic E-state index is 11.8. The van der Waals surface area contributed by atoms with Gasteiger partial charge in [0.2, 0.25) is 0 Å². The quantitative estimate of drug-likeness (QED) is 0.615. The SMILES string of the molecule is Cc1cc(COC(=O)OCc2cc(C)c(Cl)c(C)c2)cc(C)c1Cl. The van der Waals surface area contributed by atoms with Crippen molar-refractivity contribution >= 4 is 29.4 Å². The van der Waals surface area contributed by atoms with Gasteiger partial charge in [-0.05, 0) is 61.1 Å². The molecule has 0 aromatic heterocycles. The Bertz CT molecular complexity index is 660. The van der Waals surface area contributed by atoms with Gasteiger partial charge in [-0.15, -0.1) is 0 Å². The number of hydrogen-bond acceptors (Lipinski definition) is 3. The third-order valence-corrected chi connectivity index (χ3v) is 4.90. The van der Waals surface area contributed by atoms with Gasteiger partial charge in [-0.2, -0.15) is 0 Å². The van der Waals surface area contributed by atoms with Crippen molar-refractivity contribution in [2.75, 3.05) is 0 Å². The highest BCUT2D eigenvalue weighted by Crippen LogP contribution is 2.23. The molecule has 0 aliphatic rings. The van der Waals surface area contributed by atoms with Gasteiger partial charge in [0.25, 0.3) is 0 Å². The number of halogens is 2.